The van der Waals surface area contributed by atoms with Crippen LogP contribution in [-0.4, -0.2) is 4.98 Å². The summed E-state index contributed by atoms with van der Waals surface area (Å²) in [7, 11) is 0. The van der Waals surface area contributed by atoms with Gasteiger partial charge in [0, 0.05) is 4.88 Å². The molecule has 0 fully saturated rings. The number of rotatable bonds is 2. The molecule has 0 aliphatic heterocycles. The quantitative estimate of drug-likeness (QED) is 0.838. The Hall–Kier alpha value is -0.410. The van der Waals surface area contributed by atoms with Gasteiger partial charge in [-0.25, -0.2) is 4.98 Å². The van der Waals surface area contributed by atoms with Gasteiger partial charge >= 0.3 is 0 Å². The van der Waals surface area contributed by atoms with E-state index in [2.05, 4.69) is 13.8 Å². The van der Waals surface area contributed by atoms with Gasteiger partial charge in [0.15, 0.2) is 0 Å². The van der Waals surface area contributed by atoms with Crippen molar-refractivity contribution in [2.45, 2.75) is 90.0 Å². The molecule has 1 aromatic rings. The molecule has 114 valence electrons. The normalized spacial score (nSPS) is 21.4. The van der Waals surface area contributed by atoms with Crippen molar-refractivity contribution in [1.29, 1.82) is 0 Å². The van der Waals surface area contributed by atoms with E-state index in [1.807, 2.05) is 11.3 Å². The molecule has 1 atom stereocenters. The molecule has 20 heavy (non-hydrogen) atoms. The molecule has 2 rings (SSSR count). The van der Waals surface area contributed by atoms with Gasteiger partial charge in [0.1, 0.15) is 5.01 Å². The van der Waals surface area contributed by atoms with Crippen LogP contribution in [-0.2, 0) is 18.4 Å². The molecule has 1 heterocycles. The Kier molecular flexibility index (Phi) is 6.03. The fraction of sp³-hybridized carbons (Fsp3) is 0.824. The molecular formula is C17H30N2S. The molecule has 0 bridgehead atoms. The third kappa shape index (κ3) is 4.29. The van der Waals surface area contributed by atoms with Crippen molar-refractivity contribution in [3.05, 3.63) is 15.6 Å². The van der Waals surface area contributed by atoms with E-state index in [0.717, 1.165) is 17.8 Å². The standard InChI is InChI=1S/C17H30N2S/c1-3-17(2,18)16-19-14-12-10-8-6-4-5-7-9-11-13-15(14)20-16/h3-13,18H2,1-2H3. The molecule has 1 unspecified atom stereocenters. The van der Waals surface area contributed by atoms with Crippen molar-refractivity contribution in [3.63, 3.8) is 0 Å². The maximum Gasteiger partial charge on any atom is 0.113 e. The second kappa shape index (κ2) is 7.56. The minimum atomic E-state index is -0.244. The maximum atomic E-state index is 6.39. The lowest BCUT2D eigenvalue weighted by atomic mass is 10.0. The van der Waals surface area contributed by atoms with Gasteiger partial charge in [0.2, 0.25) is 0 Å². The fourth-order valence-corrected chi connectivity index (χ4v) is 4.09. The monoisotopic (exact) mass is 294 g/mol. The Bertz CT molecular complexity index is 380. The average molecular weight is 295 g/mol. The Morgan fingerprint density at radius 1 is 1.00 bits per heavy atom. The van der Waals surface area contributed by atoms with Gasteiger partial charge < -0.3 is 5.73 Å². The van der Waals surface area contributed by atoms with Gasteiger partial charge in [0.05, 0.1) is 11.2 Å². The smallest absolute Gasteiger partial charge is 0.113 e. The lowest BCUT2D eigenvalue weighted by Crippen LogP contribution is -2.31. The molecule has 2 N–H and O–H groups in total. The highest BCUT2D eigenvalue weighted by Crippen LogP contribution is 2.31. The lowest BCUT2D eigenvalue weighted by Gasteiger charge is -2.19. The molecule has 1 aliphatic carbocycles. The Labute approximate surface area is 128 Å². The maximum absolute atomic E-state index is 6.39. The van der Waals surface area contributed by atoms with Crippen molar-refractivity contribution in [1.82, 2.24) is 4.98 Å². The van der Waals surface area contributed by atoms with Crippen LogP contribution in [0.2, 0.25) is 0 Å². The van der Waals surface area contributed by atoms with E-state index in [0.29, 0.717) is 0 Å². The summed E-state index contributed by atoms with van der Waals surface area (Å²) in [5.41, 5.74) is 7.50. The van der Waals surface area contributed by atoms with Crippen molar-refractivity contribution >= 4 is 11.3 Å². The van der Waals surface area contributed by atoms with Crippen LogP contribution in [0.1, 0.15) is 87.2 Å². The van der Waals surface area contributed by atoms with Crippen LogP contribution in [0.4, 0.5) is 0 Å². The SMILES string of the molecule is CCC(C)(N)c1nc2c(s1)CCCCCCCCCC2. The van der Waals surface area contributed by atoms with E-state index in [1.165, 1.54) is 68.4 Å². The minimum Gasteiger partial charge on any atom is -0.320 e. The number of thiazole rings is 1. The number of aryl methyl sites for hydroxylation is 2. The molecule has 1 aromatic heterocycles. The largest absolute Gasteiger partial charge is 0.320 e. The van der Waals surface area contributed by atoms with Crippen molar-refractivity contribution in [2.24, 2.45) is 5.73 Å². The third-order valence-corrected chi connectivity index (χ3v) is 6.01. The van der Waals surface area contributed by atoms with Gasteiger partial charge in [-0.05, 0) is 39.0 Å². The summed E-state index contributed by atoms with van der Waals surface area (Å²) in [4.78, 5) is 6.43. The van der Waals surface area contributed by atoms with Crippen LogP contribution >= 0.6 is 11.3 Å². The summed E-state index contributed by atoms with van der Waals surface area (Å²) in [5, 5.41) is 1.15. The molecule has 0 saturated carbocycles. The first-order chi connectivity index (χ1) is 9.63. The number of fused-ring (bicyclic) bond motifs is 1. The van der Waals surface area contributed by atoms with E-state index < -0.39 is 0 Å². The van der Waals surface area contributed by atoms with Gasteiger partial charge in [-0.1, -0.05) is 45.4 Å². The highest BCUT2D eigenvalue weighted by atomic mass is 32.1. The number of nitrogens with two attached hydrogens (primary N) is 1. The zero-order valence-corrected chi connectivity index (χ0v) is 14.0. The van der Waals surface area contributed by atoms with Gasteiger partial charge in [-0.15, -0.1) is 11.3 Å². The topological polar surface area (TPSA) is 38.9 Å². The second-order valence-electron chi connectivity index (χ2n) is 6.49. The summed E-state index contributed by atoms with van der Waals surface area (Å²) in [6.07, 6.45) is 14.3. The first-order valence-corrected chi connectivity index (χ1v) is 9.23. The van der Waals surface area contributed by atoms with Gasteiger partial charge in [0.25, 0.3) is 0 Å². The summed E-state index contributed by atoms with van der Waals surface area (Å²) in [5.74, 6) is 0. The van der Waals surface area contributed by atoms with Crippen LogP contribution in [0.15, 0.2) is 0 Å². The summed E-state index contributed by atoms with van der Waals surface area (Å²) in [6.45, 7) is 4.27. The number of aromatic nitrogens is 1. The molecule has 3 heteroatoms. The highest BCUT2D eigenvalue weighted by molar-refractivity contribution is 7.11. The molecular weight excluding hydrogens is 264 g/mol. The Morgan fingerprint density at radius 3 is 2.15 bits per heavy atom. The second-order valence-corrected chi connectivity index (χ2v) is 7.57. The molecule has 0 spiro atoms. The van der Waals surface area contributed by atoms with E-state index in [-0.39, 0.29) is 5.54 Å². The molecule has 1 aliphatic rings. The first-order valence-electron chi connectivity index (χ1n) is 8.41. The van der Waals surface area contributed by atoms with Gasteiger partial charge in [-0.3, -0.25) is 0 Å². The van der Waals surface area contributed by atoms with Crippen molar-refractivity contribution in [3.8, 4) is 0 Å². The van der Waals surface area contributed by atoms with E-state index in [4.69, 9.17) is 10.7 Å². The summed E-state index contributed by atoms with van der Waals surface area (Å²) in [6, 6.07) is 0. The molecule has 0 aromatic carbocycles. The van der Waals surface area contributed by atoms with Gasteiger partial charge in [-0.2, -0.15) is 0 Å². The van der Waals surface area contributed by atoms with Crippen LogP contribution in [0.3, 0.4) is 0 Å². The molecule has 0 radical (unpaired) electrons. The number of hydrogen-bond donors (Lipinski definition) is 1. The van der Waals surface area contributed by atoms with E-state index >= 15 is 0 Å². The highest BCUT2D eigenvalue weighted by Gasteiger charge is 2.24. The summed E-state index contributed by atoms with van der Waals surface area (Å²) >= 11 is 1.88. The predicted molar refractivity (Wildman–Crippen MR) is 88.3 cm³/mol. The van der Waals surface area contributed by atoms with Crippen LogP contribution in [0, 0.1) is 0 Å². The average Bonchev–Trinajstić information content (AvgIpc) is 2.83. The zero-order valence-electron chi connectivity index (χ0n) is 13.2. The minimum absolute atomic E-state index is 0.244. The van der Waals surface area contributed by atoms with Crippen LogP contribution < -0.4 is 5.73 Å². The fourth-order valence-electron chi connectivity index (χ4n) is 2.81. The Balaban J connectivity index is 2.13. The van der Waals surface area contributed by atoms with E-state index in [1.54, 1.807) is 0 Å². The lowest BCUT2D eigenvalue weighted by molar-refractivity contribution is 0.472. The van der Waals surface area contributed by atoms with Crippen molar-refractivity contribution < 1.29 is 0 Å². The van der Waals surface area contributed by atoms with Crippen LogP contribution in [0.5, 0.6) is 0 Å². The number of hydrogen-bond acceptors (Lipinski definition) is 3. The summed E-state index contributed by atoms with van der Waals surface area (Å²) < 4.78 is 0. The van der Waals surface area contributed by atoms with E-state index in [9.17, 15) is 0 Å². The molecule has 0 amide bonds. The number of nitrogens with zero attached hydrogens (tertiary/aromatic N) is 1. The zero-order chi connectivity index (χ0) is 14.4. The third-order valence-electron chi connectivity index (χ3n) is 4.57. The Morgan fingerprint density at radius 2 is 1.55 bits per heavy atom. The molecule has 2 nitrogen and oxygen atoms in total. The first kappa shape index (κ1) is 16.0. The van der Waals surface area contributed by atoms with Crippen molar-refractivity contribution in [2.75, 3.05) is 0 Å². The van der Waals surface area contributed by atoms with Crippen LogP contribution in [0.25, 0.3) is 0 Å². The predicted octanol–water partition coefficient (Wildman–Crippen LogP) is 4.95. The molecule has 0 saturated heterocycles.